The summed E-state index contributed by atoms with van der Waals surface area (Å²) in [6.45, 7) is 0. The van der Waals surface area contributed by atoms with Crippen molar-refractivity contribution in [2.45, 2.75) is 18.5 Å². The molecule has 2 bridgehead atoms. The molecular weight excluding hydrogens is 274 g/mol. The van der Waals surface area contributed by atoms with Crippen LogP contribution in [0.2, 0.25) is 0 Å². The van der Waals surface area contributed by atoms with E-state index in [1.165, 1.54) is 20.3 Å². The molecule has 0 saturated carbocycles. The average Bonchev–Trinajstić information content (AvgIpc) is 2.82. The van der Waals surface area contributed by atoms with Crippen molar-refractivity contribution in [2.75, 3.05) is 19.1 Å². The highest BCUT2D eigenvalue weighted by atomic mass is 16.5. The molecule has 2 aliphatic heterocycles. The molecule has 8 heteroatoms. The Bertz CT molecular complexity index is 631. The lowest BCUT2D eigenvalue weighted by atomic mass is 10.0. The van der Waals surface area contributed by atoms with E-state index in [0.717, 1.165) is 0 Å². The second kappa shape index (κ2) is 5.01. The summed E-state index contributed by atoms with van der Waals surface area (Å²) in [5.41, 5.74) is 0. The van der Waals surface area contributed by atoms with Gasteiger partial charge in [-0.25, -0.2) is 0 Å². The van der Waals surface area contributed by atoms with Crippen molar-refractivity contribution in [1.29, 1.82) is 5.26 Å². The van der Waals surface area contributed by atoms with E-state index in [0.29, 0.717) is 6.42 Å². The lowest BCUT2D eigenvalue weighted by Gasteiger charge is -2.30. The maximum atomic E-state index is 12.0. The minimum atomic E-state index is -0.429. The highest BCUT2D eigenvalue weighted by Gasteiger charge is 2.47. The third kappa shape index (κ3) is 2.07. The molecule has 108 valence electrons. The van der Waals surface area contributed by atoms with Gasteiger partial charge in [0.15, 0.2) is 5.78 Å². The largest absolute Gasteiger partial charge is 0.467 e. The molecule has 0 N–H and O–H groups in total. The fourth-order valence-electron chi connectivity index (χ4n) is 2.71. The van der Waals surface area contributed by atoms with E-state index in [2.05, 4.69) is 21.0 Å². The normalized spacial score (nSPS) is 26.6. The molecular formula is C13H13N5O3. The molecule has 1 aromatic rings. The third-order valence-electron chi connectivity index (χ3n) is 3.68. The number of hydrogen-bond acceptors (Lipinski definition) is 8. The number of hydrogen-bond donors (Lipinski definition) is 0. The van der Waals surface area contributed by atoms with Crippen molar-refractivity contribution in [3.05, 3.63) is 12.2 Å². The van der Waals surface area contributed by atoms with Gasteiger partial charge in [-0.15, -0.1) is 4.98 Å². The molecule has 3 rings (SSSR count). The SMILES string of the molecule is COc1nc(OC)nc(N2C3CC(C#N)C2C=CC3=O)n1. The first-order valence-corrected chi connectivity index (χ1v) is 6.42. The van der Waals surface area contributed by atoms with Crippen LogP contribution >= 0.6 is 0 Å². The maximum absolute atomic E-state index is 12.0. The maximum Gasteiger partial charge on any atom is 0.324 e. The van der Waals surface area contributed by atoms with Crippen LogP contribution in [0.1, 0.15) is 6.42 Å². The molecule has 8 nitrogen and oxygen atoms in total. The van der Waals surface area contributed by atoms with Crippen molar-refractivity contribution >= 4 is 11.7 Å². The van der Waals surface area contributed by atoms with Crippen LogP contribution in [0.3, 0.4) is 0 Å². The van der Waals surface area contributed by atoms with Gasteiger partial charge in [-0.2, -0.15) is 15.2 Å². The number of carbonyl (C=O) groups is 1. The Morgan fingerprint density at radius 3 is 2.52 bits per heavy atom. The summed E-state index contributed by atoms with van der Waals surface area (Å²) in [5.74, 6) is -0.0436. The summed E-state index contributed by atoms with van der Waals surface area (Å²) in [5, 5.41) is 9.24. The Morgan fingerprint density at radius 2 is 1.95 bits per heavy atom. The molecule has 3 atom stereocenters. The fourth-order valence-corrected chi connectivity index (χ4v) is 2.71. The molecule has 3 unspecified atom stereocenters. The molecule has 0 radical (unpaired) electrons. The van der Waals surface area contributed by atoms with Crippen LogP contribution in [-0.4, -0.2) is 47.0 Å². The Hall–Kier alpha value is -2.69. The minimum absolute atomic E-state index is 0.0534. The lowest BCUT2D eigenvalue weighted by molar-refractivity contribution is -0.115. The zero-order valence-electron chi connectivity index (χ0n) is 11.6. The summed E-state index contributed by atoms with van der Waals surface area (Å²) in [4.78, 5) is 26.1. The Kier molecular flexibility index (Phi) is 3.17. The standard InChI is InChI=1S/C13H13N5O3/c1-20-12-15-11(16-13(17-12)21-2)18-8-3-4-10(19)9(18)5-7(8)6-14/h3-4,7-9H,5H2,1-2H3. The van der Waals surface area contributed by atoms with Crippen LogP contribution < -0.4 is 14.4 Å². The molecule has 2 aliphatic rings. The predicted molar refractivity (Wildman–Crippen MR) is 70.9 cm³/mol. The van der Waals surface area contributed by atoms with Gasteiger partial charge in [0, 0.05) is 0 Å². The van der Waals surface area contributed by atoms with Crippen molar-refractivity contribution < 1.29 is 14.3 Å². The molecule has 0 amide bonds. The molecule has 0 aromatic carbocycles. The number of nitrogens with zero attached hydrogens (tertiary/aromatic N) is 5. The Labute approximate surface area is 121 Å². The van der Waals surface area contributed by atoms with Gasteiger partial charge < -0.3 is 14.4 Å². The number of ether oxygens (including phenoxy) is 2. The van der Waals surface area contributed by atoms with E-state index < -0.39 is 6.04 Å². The molecule has 0 spiro atoms. The zero-order chi connectivity index (χ0) is 15.0. The second-order valence-corrected chi connectivity index (χ2v) is 4.76. The van der Waals surface area contributed by atoms with E-state index >= 15 is 0 Å². The van der Waals surface area contributed by atoms with Crippen molar-refractivity contribution in [1.82, 2.24) is 15.0 Å². The smallest absolute Gasteiger partial charge is 0.324 e. The Morgan fingerprint density at radius 1 is 1.29 bits per heavy atom. The zero-order valence-corrected chi connectivity index (χ0v) is 11.6. The first kappa shape index (κ1) is 13.3. The molecule has 1 saturated heterocycles. The average molecular weight is 287 g/mol. The van der Waals surface area contributed by atoms with E-state index in [1.54, 1.807) is 11.0 Å². The van der Waals surface area contributed by atoms with Gasteiger partial charge in [-0.3, -0.25) is 4.79 Å². The number of carbonyl (C=O) groups excluding carboxylic acids is 1. The summed E-state index contributed by atoms with van der Waals surface area (Å²) in [6.07, 6.45) is 3.71. The van der Waals surface area contributed by atoms with E-state index in [-0.39, 0.29) is 35.7 Å². The first-order valence-electron chi connectivity index (χ1n) is 6.42. The highest BCUT2D eigenvalue weighted by Crippen LogP contribution is 2.37. The number of nitriles is 1. The van der Waals surface area contributed by atoms with Crippen molar-refractivity contribution in [3.63, 3.8) is 0 Å². The third-order valence-corrected chi connectivity index (χ3v) is 3.68. The van der Waals surface area contributed by atoms with Crippen molar-refractivity contribution in [3.8, 4) is 18.1 Å². The fraction of sp³-hybridized carbons (Fsp3) is 0.462. The van der Waals surface area contributed by atoms with Gasteiger partial charge in [0.05, 0.1) is 38.3 Å². The number of methoxy groups -OCH3 is 2. The van der Waals surface area contributed by atoms with Crippen LogP contribution in [0, 0.1) is 17.2 Å². The highest BCUT2D eigenvalue weighted by molar-refractivity contribution is 5.98. The van der Waals surface area contributed by atoms with E-state index in [1.807, 2.05) is 0 Å². The van der Waals surface area contributed by atoms with Gasteiger partial charge in [0.1, 0.15) is 0 Å². The van der Waals surface area contributed by atoms with Gasteiger partial charge in [0.25, 0.3) is 0 Å². The monoisotopic (exact) mass is 287 g/mol. The molecule has 1 fully saturated rings. The topological polar surface area (TPSA) is 101 Å². The van der Waals surface area contributed by atoms with Gasteiger partial charge >= 0.3 is 12.0 Å². The summed E-state index contributed by atoms with van der Waals surface area (Å²) >= 11 is 0. The van der Waals surface area contributed by atoms with E-state index in [9.17, 15) is 10.1 Å². The van der Waals surface area contributed by atoms with Gasteiger partial charge in [0.2, 0.25) is 5.95 Å². The molecule has 21 heavy (non-hydrogen) atoms. The van der Waals surface area contributed by atoms with Crippen LogP contribution in [0.15, 0.2) is 12.2 Å². The van der Waals surface area contributed by atoms with Crippen LogP contribution in [0.25, 0.3) is 0 Å². The summed E-state index contributed by atoms with van der Waals surface area (Å²) in [7, 11) is 2.87. The number of ketones is 1. The predicted octanol–water partition coefficient (Wildman–Crippen LogP) is 0.115. The molecule has 1 aromatic heterocycles. The van der Waals surface area contributed by atoms with Crippen LogP contribution in [-0.2, 0) is 4.79 Å². The van der Waals surface area contributed by atoms with Crippen LogP contribution in [0.5, 0.6) is 12.0 Å². The summed E-state index contributed by atoms with van der Waals surface area (Å²) < 4.78 is 10.0. The molecule has 3 heterocycles. The number of rotatable bonds is 3. The van der Waals surface area contributed by atoms with E-state index in [4.69, 9.17) is 9.47 Å². The quantitative estimate of drug-likeness (QED) is 0.772. The van der Waals surface area contributed by atoms with Gasteiger partial charge in [-0.05, 0) is 12.5 Å². The van der Waals surface area contributed by atoms with Crippen LogP contribution in [0.4, 0.5) is 5.95 Å². The number of anilines is 1. The first-order chi connectivity index (χ1) is 10.2. The Balaban J connectivity index is 2.06. The second-order valence-electron chi connectivity index (χ2n) is 4.76. The van der Waals surface area contributed by atoms with Gasteiger partial charge in [-0.1, -0.05) is 6.08 Å². The number of aromatic nitrogens is 3. The molecule has 0 aliphatic carbocycles. The minimum Gasteiger partial charge on any atom is -0.467 e. The lowest BCUT2D eigenvalue weighted by Crippen LogP contribution is -2.44. The number of fused-ring (bicyclic) bond motifs is 2. The van der Waals surface area contributed by atoms with Crippen molar-refractivity contribution in [2.24, 2.45) is 5.92 Å². The summed E-state index contributed by atoms with van der Waals surface area (Å²) in [6, 6.07) is 1.78.